The van der Waals surface area contributed by atoms with E-state index in [1.54, 1.807) is 6.07 Å². The Labute approximate surface area is 114 Å². The average molecular weight is 257 g/mol. The van der Waals surface area contributed by atoms with Crippen LogP contribution >= 0.6 is 0 Å². The summed E-state index contributed by atoms with van der Waals surface area (Å²) in [6.07, 6.45) is 1.03. The van der Waals surface area contributed by atoms with Gasteiger partial charge < -0.3 is 5.32 Å². The highest BCUT2D eigenvalue weighted by molar-refractivity contribution is 5.38. The summed E-state index contributed by atoms with van der Waals surface area (Å²) < 4.78 is 13.5. The van der Waals surface area contributed by atoms with E-state index in [0.29, 0.717) is 0 Å². The van der Waals surface area contributed by atoms with Crippen LogP contribution in [0.4, 0.5) is 4.39 Å². The van der Waals surface area contributed by atoms with E-state index in [1.165, 1.54) is 11.6 Å². The van der Waals surface area contributed by atoms with Crippen molar-refractivity contribution in [3.63, 3.8) is 0 Å². The van der Waals surface area contributed by atoms with Gasteiger partial charge in [-0.2, -0.15) is 0 Å². The van der Waals surface area contributed by atoms with Crippen LogP contribution in [0.3, 0.4) is 0 Å². The van der Waals surface area contributed by atoms with Crippen molar-refractivity contribution in [2.75, 3.05) is 7.05 Å². The van der Waals surface area contributed by atoms with E-state index in [1.807, 2.05) is 20.0 Å². The summed E-state index contributed by atoms with van der Waals surface area (Å²) in [4.78, 5) is 0. The fourth-order valence-corrected chi connectivity index (χ4v) is 2.37. The molecule has 0 bridgehead atoms. The molecule has 1 N–H and O–H groups in total. The minimum Gasteiger partial charge on any atom is -0.309 e. The summed E-state index contributed by atoms with van der Waals surface area (Å²) in [5.74, 6) is -0.189. The Kier molecular flexibility index (Phi) is 4.33. The topological polar surface area (TPSA) is 12.0 Å². The molecule has 0 amide bonds. The predicted octanol–water partition coefficient (Wildman–Crippen LogP) is 4.01. The van der Waals surface area contributed by atoms with E-state index >= 15 is 0 Å². The molecule has 100 valence electrons. The summed E-state index contributed by atoms with van der Waals surface area (Å²) in [5.41, 5.74) is 4.56. The van der Waals surface area contributed by atoms with Crippen molar-refractivity contribution in [2.45, 2.75) is 26.3 Å². The monoisotopic (exact) mass is 257 g/mol. The molecule has 2 rings (SSSR count). The molecular formula is C17H20FN. The molecule has 0 aliphatic heterocycles. The molecule has 0 saturated carbocycles. The smallest absolute Gasteiger partial charge is 0.123 e. The highest BCUT2D eigenvalue weighted by Gasteiger charge is 2.14. The molecule has 1 atom stereocenters. The molecule has 2 heteroatoms. The zero-order valence-electron chi connectivity index (χ0n) is 11.7. The maximum atomic E-state index is 13.5. The summed E-state index contributed by atoms with van der Waals surface area (Å²) >= 11 is 0. The van der Waals surface area contributed by atoms with Crippen molar-refractivity contribution in [2.24, 2.45) is 0 Å². The highest BCUT2D eigenvalue weighted by Crippen LogP contribution is 2.25. The number of halogens is 1. The molecule has 2 aromatic rings. The first-order valence-electron chi connectivity index (χ1n) is 6.68. The van der Waals surface area contributed by atoms with E-state index in [0.717, 1.165) is 23.1 Å². The van der Waals surface area contributed by atoms with Crippen LogP contribution in [0.25, 0.3) is 0 Å². The lowest BCUT2D eigenvalue weighted by Crippen LogP contribution is -2.18. The van der Waals surface area contributed by atoms with Gasteiger partial charge in [0.25, 0.3) is 0 Å². The van der Waals surface area contributed by atoms with Crippen molar-refractivity contribution < 1.29 is 4.39 Å². The fraction of sp³-hybridized carbons (Fsp3) is 0.294. The van der Waals surface area contributed by atoms with Crippen molar-refractivity contribution >= 4 is 0 Å². The van der Waals surface area contributed by atoms with Gasteiger partial charge in [-0.05, 0) is 54.8 Å². The van der Waals surface area contributed by atoms with Crippen molar-refractivity contribution in [1.29, 1.82) is 0 Å². The number of hydrogen-bond donors (Lipinski definition) is 1. The van der Waals surface area contributed by atoms with Crippen LogP contribution in [0.2, 0.25) is 0 Å². The molecule has 1 unspecified atom stereocenters. The number of aryl methyl sites for hydroxylation is 2. The third-order valence-electron chi connectivity index (χ3n) is 3.56. The minimum atomic E-state index is -0.189. The molecule has 0 heterocycles. The van der Waals surface area contributed by atoms with Crippen LogP contribution in [-0.4, -0.2) is 7.05 Å². The molecule has 0 aromatic heterocycles. The van der Waals surface area contributed by atoms with Gasteiger partial charge in [-0.25, -0.2) is 4.39 Å². The van der Waals surface area contributed by atoms with Gasteiger partial charge in [-0.15, -0.1) is 0 Å². The Balaban J connectivity index is 2.40. The first kappa shape index (κ1) is 13.8. The van der Waals surface area contributed by atoms with Gasteiger partial charge >= 0.3 is 0 Å². The highest BCUT2D eigenvalue weighted by atomic mass is 19.1. The first-order valence-corrected chi connectivity index (χ1v) is 6.68. The lowest BCUT2D eigenvalue weighted by Gasteiger charge is -2.20. The van der Waals surface area contributed by atoms with Gasteiger partial charge in [0.05, 0.1) is 6.04 Å². The molecule has 0 saturated heterocycles. The van der Waals surface area contributed by atoms with Gasteiger partial charge in [-0.3, -0.25) is 0 Å². The lowest BCUT2D eigenvalue weighted by molar-refractivity contribution is 0.615. The van der Waals surface area contributed by atoms with Crippen LogP contribution in [-0.2, 0) is 6.42 Å². The number of hydrogen-bond acceptors (Lipinski definition) is 1. The molecule has 0 aliphatic rings. The standard InChI is InChI=1S/C17H20FN/c1-4-13-6-8-14(9-7-13)17(19-3)16-11-15(18)10-5-12(16)2/h5-11,17,19H,4H2,1-3H3. The van der Waals surface area contributed by atoms with E-state index < -0.39 is 0 Å². The molecule has 0 spiro atoms. The minimum absolute atomic E-state index is 0.0293. The van der Waals surface area contributed by atoms with E-state index in [9.17, 15) is 4.39 Å². The normalized spacial score (nSPS) is 12.4. The van der Waals surface area contributed by atoms with Gasteiger partial charge in [0.1, 0.15) is 5.82 Å². The zero-order chi connectivity index (χ0) is 13.8. The van der Waals surface area contributed by atoms with Gasteiger partial charge in [0, 0.05) is 0 Å². The summed E-state index contributed by atoms with van der Waals surface area (Å²) in [5, 5.41) is 3.27. The largest absolute Gasteiger partial charge is 0.309 e. The molecule has 0 radical (unpaired) electrons. The Bertz CT molecular complexity index is 546. The third-order valence-corrected chi connectivity index (χ3v) is 3.56. The van der Waals surface area contributed by atoms with Crippen molar-refractivity contribution in [3.8, 4) is 0 Å². The predicted molar refractivity (Wildman–Crippen MR) is 77.9 cm³/mol. The number of benzene rings is 2. The van der Waals surface area contributed by atoms with Crippen molar-refractivity contribution in [3.05, 3.63) is 70.5 Å². The SMILES string of the molecule is CCc1ccc(C(NC)c2cc(F)ccc2C)cc1. The van der Waals surface area contributed by atoms with E-state index in [-0.39, 0.29) is 11.9 Å². The summed E-state index contributed by atoms with van der Waals surface area (Å²) in [6.45, 7) is 4.15. The quantitative estimate of drug-likeness (QED) is 0.872. The molecule has 2 aromatic carbocycles. The van der Waals surface area contributed by atoms with Crippen LogP contribution in [0.5, 0.6) is 0 Å². The van der Waals surface area contributed by atoms with Crippen molar-refractivity contribution in [1.82, 2.24) is 5.32 Å². The van der Waals surface area contributed by atoms with Crippen LogP contribution < -0.4 is 5.32 Å². The number of rotatable bonds is 4. The van der Waals surface area contributed by atoms with E-state index in [4.69, 9.17) is 0 Å². The lowest BCUT2D eigenvalue weighted by atomic mass is 9.94. The second-order valence-corrected chi connectivity index (χ2v) is 4.82. The van der Waals surface area contributed by atoms with Crippen LogP contribution in [0.15, 0.2) is 42.5 Å². The van der Waals surface area contributed by atoms with Crippen LogP contribution in [0.1, 0.15) is 35.2 Å². The maximum Gasteiger partial charge on any atom is 0.123 e. The number of nitrogens with one attached hydrogen (secondary N) is 1. The Morgan fingerprint density at radius 2 is 1.79 bits per heavy atom. The molecular weight excluding hydrogens is 237 g/mol. The molecule has 0 fully saturated rings. The van der Waals surface area contributed by atoms with Gasteiger partial charge in [0.2, 0.25) is 0 Å². The van der Waals surface area contributed by atoms with Gasteiger partial charge in [-0.1, -0.05) is 37.3 Å². The third kappa shape index (κ3) is 3.02. The first-order chi connectivity index (χ1) is 9.15. The van der Waals surface area contributed by atoms with Crippen LogP contribution in [0, 0.1) is 12.7 Å². The fourth-order valence-electron chi connectivity index (χ4n) is 2.37. The summed E-state index contributed by atoms with van der Waals surface area (Å²) in [7, 11) is 1.91. The van der Waals surface area contributed by atoms with E-state index in [2.05, 4.69) is 36.5 Å². The Hall–Kier alpha value is -1.67. The van der Waals surface area contributed by atoms with Gasteiger partial charge in [0.15, 0.2) is 0 Å². The second kappa shape index (κ2) is 5.98. The maximum absolute atomic E-state index is 13.5. The Morgan fingerprint density at radius 3 is 2.37 bits per heavy atom. The second-order valence-electron chi connectivity index (χ2n) is 4.82. The average Bonchev–Trinajstić information content (AvgIpc) is 2.44. The molecule has 0 aliphatic carbocycles. The molecule has 19 heavy (non-hydrogen) atoms. The summed E-state index contributed by atoms with van der Waals surface area (Å²) in [6, 6.07) is 13.5. The molecule has 1 nitrogen and oxygen atoms in total. The zero-order valence-corrected chi connectivity index (χ0v) is 11.7. The Morgan fingerprint density at radius 1 is 1.11 bits per heavy atom.